The van der Waals surface area contributed by atoms with Crippen LogP contribution in [0.1, 0.15) is 45.6 Å². The molecule has 16 heavy (non-hydrogen) atoms. The smallest absolute Gasteiger partial charge is 0.0406 e. The molecular weight excluding hydrogens is 216 g/mol. The van der Waals surface area contributed by atoms with E-state index in [-0.39, 0.29) is 0 Å². The largest absolute Gasteiger partial charge is 0.0843 e. The molecule has 1 aliphatic rings. The summed E-state index contributed by atoms with van der Waals surface area (Å²) in [6, 6.07) is 8.47. The predicted molar refractivity (Wildman–Crippen MR) is 71.0 cm³/mol. The van der Waals surface area contributed by atoms with E-state index >= 15 is 0 Å². The lowest BCUT2D eigenvalue weighted by Gasteiger charge is -2.23. The molecule has 88 valence electrons. The molecule has 0 bridgehead atoms. The summed E-state index contributed by atoms with van der Waals surface area (Å²) in [6.07, 6.45) is 4.03. The van der Waals surface area contributed by atoms with Crippen molar-refractivity contribution < 1.29 is 0 Å². The molecule has 1 unspecified atom stereocenters. The molecule has 1 saturated carbocycles. The number of hydrogen-bond acceptors (Lipinski definition) is 0. The van der Waals surface area contributed by atoms with E-state index in [1.54, 1.807) is 0 Å². The highest BCUT2D eigenvalue weighted by molar-refractivity contribution is 6.30. The van der Waals surface area contributed by atoms with Crippen LogP contribution in [0.15, 0.2) is 24.3 Å². The van der Waals surface area contributed by atoms with E-state index in [1.165, 1.54) is 24.8 Å². The average molecular weight is 237 g/mol. The summed E-state index contributed by atoms with van der Waals surface area (Å²) < 4.78 is 0. The molecular formula is C15H21Cl. The number of halogens is 1. The summed E-state index contributed by atoms with van der Waals surface area (Å²) in [5.41, 5.74) is 1.97. The SMILES string of the molecule is CC(C)C(C)CC1(c2ccc(Cl)cc2)CC1. The Labute approximate surface area is 104 Å². The molecule has 1 aliphatic carbocycles. The summed E-state index contributed by atoms with van der Waals surface area (Å²) in [4.78, 5) is 0. The van der Waals surface area contributed by atoms with Crippen LogP contribution in [0.3, 0.4) is 0 Å². The molecule has 0 aromatic heterocycles. The highest BCUT2D eigenvalue weighted by atomic mass is 35.5. The molecule has 0 N–H and O–H groups in total. The average Bonchev–Trinajstić information content (AvgIpc) is 2.99. The van der Waals surface area contributed by atoms with Crippen molar-refractivity contribution in [2.45, 2.75) is 45.4 Å². The van der Waals surface area contributed by atoms with E-state index in [9.17, 15) is 0 Å². The lowest BCUT2D eigenvalue weighted by molar-refractivity contribution is 0.351. The number of benzene rings is 1. The van der Waals surface area contributed by atoms with Gasteiger partial charge in [-0.1, -0.05) is 44.5 Å². The van der Waals surface area contributed by atoms with Crippen molar-refractivity contribution in [3.63, 3.8) is 0 Å². The van der Waals surface area contributed by atoms with Crippen LogP contribution in [0.2, 0.25) is 5.02 Å². The molecule has 0 amide bonds. The second kappa shape index (κ2) is 4.41. The molecule has 1 aromatic rings. The molecule has 1 heteroatoms. The summed E-state index contributed by atoms with van der Waals surface area (Å²) in [5.74, 6) is 1.59. The van der Waals surface area contributed by atoms with E-state index in [0.29, 0.717) is 5.41 Å². The Morgan fingerprint density at radius 1 is 1.12 bits per heavy atom. The first-order valence-electron chi connectivity index (χ1n) is 6.29. The first-order chi connectivity index (χ1) is 7.53. The Morgan fingerprint density at radius 2 is 1.69 bits per heavy atom. The maximum absolute atomic E-state index is 5.94. The van der Waals surface area contributed by atoms with Crippen molar-refractivity contribution in [2.75, 3.05) is 0 Å². The van der Waals surface area contributed by atoms with Gasteiger partial charge in [-0.15, -0.1) is 0 Å². The van der Waals surface area contributed by atoms with Crippen molar-refractivity contribution in [3.8, 4) is 0 Å². The van der Waals surface area contributed by atoms with E-state index in [1.807, 2.05) is 12.1 Å². The molecule has 1 aromatic carbocycles. The third-order valence-corrected chi connectivity index (χ3v) is 4.41. The fourth-order valence-corrected chi connectivity index (χ4v) is 2.54. The maximum Gasteiger partial charge on any atom is 0.0406 e. The zero-order valence-corrected chi connectivity index (χ0v) is 11.2. The lowest BCUT2D eigenvalue weighted by Crippen LogP contribution is -2.15. The molecule has 1 atom stereocenters. The molecule has 2 rings (SSSR count). The van der Waals surface area contributed by atoms with Gasteiger partial charge in [0.2, 0.25) is 0 Å². The topological polar surface area (TPSA) is 0 Å². The Bertz CT molecular complexity index is 346. The van der Waals surface area contributed by atoms with Crippen LogP contribution in [-0.2, 0) is 5.41 Å². The maximum atomic E-state index is 5.94. The fraction of sp³-hybridized carbons (Fsp3) is 0.600. The van der Waals surface area contributed by atoms with Crippen LogP contribution in [0.25, 0.3) is 0 Å². The normalized spacial score (nSPS) is 19.8. The zero-order valence-electron chi connectivity index (χ0n) is 10.5. The van der Waals surface area contributed by atoms with Gasteiger partial charge in [-0.25, -0.2) is 0 Å². The van der Waals surface area contributed by atoms with Gasteiger partial charge in [0, 0.05) is 5.02 Å². The molecule has 0 aliphatic heterocycles. The van der Waals surface area contributed by atoms with E-state index in [0.717, 1.165) is 16.9 Å². The standard InChI is InChI=1S/C15H21Cl/c1-11(2)12(3)10-15(8-9-15)13-4-6-14(16)7-5-13/h4-7,11-12H,8-10H2,1-3H3. The first kappa shape index (κ1) is 12.0. The highest BCUT2D eigenvalue weighted by Gasteiger charge is 2.44. The van der Waals surface area contributed by atoms with Gasteiger partial charge in [0.05, 0.1) is 0 Å². The minimum Gasteiger partial charge on any atom is -0.0843 e. The van der Waals surface area contributed by atoms with Crippen LogP contribution < -0.4 is 0 Å². The zero-order chi connectivity index (χ0) is 11.8. The van der Waals surface area contributed by atoms with Gasteiger partial charge < -0.3 is 0 Å². The van der Waals surface area contributed by atoms with Crippen LogP contribution in [-0.4, -0.2) is 0 Å². The van der Waals surface area contributed by atoms with Gasteiger partial charge in [-0.2, -0.15) is 0 Å². The Morgan fingerprint density at radius 3 is 2.12 bits per heavy atom. The minimum atomic E-state index is 0.480. The third-order valence-electron chi connectivity index (χ3n) is 4.16. The van der Waals surface area contributed by atoms with Crippen molar-refractivity contribution in [1.82, 2.24) is 0 Å². The second-order valence-corrected chi connectivity index (χ2v) is 6.15. The molecule has 0 spiro atoms. The van der Waals surface area contributed by atoms with Gasteiger partial charge in [0.1, 0.15) is 0 Å². The molecule has 1 fully saturated rings. The van der Waals surface area contributed by atoms with E-state index < -0.39 is 0 Å². The summed E-state index contributed by atoms with van der Waals surface area (Å²) in [7, 11) is 0. The summed E-state index contributed by atoms with van der Waals surface area (Å²) >= 11 is 5.94. The first-order valence-corrected chi connectivity index (χ1v) is 6.67. The van der Waals surface area contributed by atoms with Gasteiger partial charge in [-0.3, -0.25) is 0 Å². The van der Waals surface area contributed by atoms with Crippen LogP contribution >= 0.6 is 11.6 Å². The Hall–Kier alpha value is -0.490. The molecule has 0 saturated heterocycles. The van der Waals surface area contributed by atoms with Crippen LogP contribution in [0.4, 0.5) is 0 Å². The van der Waals surface area contributed by atoms with Crippen LogP contribution in [0.5, 0.6) is 0 Å². The number of rotatable bonds is 4. The van der Waals surface area contributed by atoms with Crippen molar-refractivity contribution >= 4 is 11.6 Å². The van der Waals surface area contributed by atoms with Gasteiger partial charge in [0.15, 0.2) is 0 Å². The van der Waals surface area contributed by atoms with Crippen molar-refractivity contribution in [2.24, 2.45) is 11.8 Å². The number of hydrogen-bond donors (Lipinski definition) is 0. The quantitative estimate of drug-likeness (QED) is 0.686. The van der Waals surface area contributed by atoms with E-state index in [2.05, 4.69) is 32.9 Å². The fourth-order valence-electron chi connectivity index (χ4n) is 2.42. The van der Waals surface area contributed by atoms with Gasteiger partial charge in [-0.05, 0) is 54.2 Å². The Kier molecular flexibility index (Phi) is 3.30. The van der Waals surface area contributed by atoms with Gasteiger partial charge in [0.25, 0.3) is 0 Å². The van der Waals surface area contributed by atoms with Crippen molar-refractivity contribution in [3.05, 3.63) is 34.9 Å². The van der Waals surface area contributed by atoms with E-state index in [4.69, 9.17) is 11.6 Å². The molecule has 0 nitrogen and oxygen atoms in total. The third kappa shape index (κ3) is 2.43. The second-order valence-electron chi connectivity index (χ2n) is 5.71. The minimum absolute atomic E-state index is 0.480. The lowest BCUT2D eigenvalue weighted by atomic mass is 9.82. The van der Waals surface area contributed by atoms with Gasteiger partial charge >= 0.3 is 0 Å². The summed E-state index contributed by atoms with van der Waals surface area (Å²) in [6.45, 7) is 7.02. The monoisotopic (exact) mass is 236 g/mol. The summed E-state index contributed by atoms with van der Waals surface area (Å²) in [5, 5.41) is 0.844. The molecule has 0 radical (unpaired) electrons. The highest BCUT2D eigenvalue weighted by Crippen LogP contribution is 2.53. The van der Waals surface area contributed by atoms with Crippen LogP contribution in [0, 0.1) is 11.8 Å². The predicted octanol–water partition coefficient (Wildman–Crippen LogP) is 5.05. The Balaban J connectivity index is 2.11. The molecule has 0 heterocycles. The van der Waals surface area contributed by atoms with Crippen molar-refractivity contribution in [1.29, 1.82) is 0 Å².